The zero-order valence-corrected chi connectivity index (χ0v) is 13.1. The van der Waals surface area contributed by atoms with Gasteiger partial charge in [-0.2, -0.15) is 0 Å². The zero-order valence-electron chi connectivity index (χ0n) is 13.1. The maximum atomic E-state index is 12.4. The van der Waals surface area contributed by atoms with Crippen LogP contribution in [0.25, 0.3) is 16.7 Å². The van der Waals surface area contributed by atoms with E-state index in [1.54, 1.807) is 11.1 Å². The van der Waals surface area contributed by atoms with Crippen LogP contribution in [0.5, 0.6) is 0 Å². The summed E-state index contributed by atoms with van der Waals surface area (Å²) in [6.07, 6.45) is 5.05. The van der Waals surface area contributed by atoms with Crippen molar-refractivity contribution in [2.24, 2.45) is 0 Å². The second kappa shape index (κ2) is 5.93. The molecule has 0 bridgehead atoms. The number of carbonyl (C=O) groups is 1. The summed E-state index contributed by atoms with van der Waals surface area (Å²) in [6.45, 7) is 2.31. The Kier molecular flexibility index (Phi) is 3.62. The molecule has 0 radical (unpaired) electrons. The molecule has 7 nitrogen and oxygen atoms in total. The van der Waals surface area contributed by atoms with Gasteiger partial charge >= 0.3 is 0 Å². The van der Waals surface area contributed by atoms with E-state index in [4.69, 9.17) is 10.5 Å². The van der Waals surface area contributed by atoms with Gasteiger partial charge in [0.05, 0.1) is 31.1 Å². The Morgan fingerprint density at radius 1 is 1.12 bits per heavy atom. The first kappa shape index (κ1) is 14.6. The molecule has 1 amide bonds. The van der Waals surface area contributed by atoms with Gasteiger partial charge in [0, 0.05) is 30.4 Å². The summed E-state index contributed by atoms with van der Waals surface area (Å²) in [7, 11) is 0. The van der Waals surface area contributed by atoms with Crippen LogP contribution < -0.4 is 5.73 Å². The van der Waals surface area contributed by atoms with E-state index >= 15 is 0 Å². The minimum Gasteiger partial charge on any atom is -0.399 e. The van der Waals surface area contributed by atoms with Crippen LogP contribution in [0.4, 0.5) is 5.69 Å². The smallest absolute Gasteiger partial charge is 0.274 e. The van der Waals surface area contributed by atoms with Crippen molar-refractivity contribution in [1.29, 1.82) is 0 Å². The van der Waals surface area contributed by atoms with E-state index in [1.807, 2.05) is 35.0 Å². The quantitative estimate of drug-likeness (QED) is 0.722. The average molecular weight is 323 g/mol. The summed E-state index contributed by atoms with van der Waals surface area (Å²) in [5.74, 6) is 0.552. The van der Waals surface area contributed by atoms with E-state index in [2.05, 4.69) is 9.97 Å². The van der Waals surface area contributed by atoms with E-state index in [-0.39, 0.29) is 5.91 Å². The predicted molar refractivity (Wildman–Crippen MR) is 90.0 cm³/mol. The van der Waals surface area contributed by atoms with Gasteiger partial charge in [-0.25, -0.2) is 9.97 Å². The molecule has 0 atom stereocenters. The van der Waals surface area contributed by atoms with Gasteiger partial charge in [0.1, 0.15) is 5.69 Å². The van der Waals surface area contributed by atoms with Crippen molar-refractivity contribution >= 4 is 22.5 Å². The highest BCUT2D eigenvalue weighted by atomic mass is 16.5. The van der Waals surface area contributed by atoms with Gasteiger partial charge in [0.15, 0.2) is 5.82 Å². The van der Waals surface area contributed by atoms with Crippen LogP contribution in [0.2, 0.25) is 0 Å². The Morgan fingerprint density at radius 3 is 2.71 bits per heavy atom. The number of nitrogens with zero attached hydrogens (tertiary/aromatic N) is 4. The summed E-state index contributed by atoms with van der Waals surface area (Å²) in [5, 5.41) is 1.03. The van der Waals surface area contributed by atoms with Gasteiger partial charge in [0.2, 0.25) is 0 Å². The van der Waals surface area contributed by atoms with Crippen molar-refractivity contribution in [3.63, 3.8) is 0 Å². The first-order valence-electron chi connectivity index (χ1n) is 7.78. The highest BCUT2D eigenvalue weighted by Gasteiger charge is 2.20. The standard InChI is InChI=1S/C17H17N5O2/c18-13-1-2-15-12(9-13)3-4-22(15)16-11-19-14(10-20-16)17(23)21-5-7-24-8-6-21/h1-4,9-11H,5-8,18H2. The number of nitrogens with two attached hydrogens (primary N) is 1. The topological polar surface area (TPSA) is 86.3 Å². The fourth-order valence-corrected chi connectivity index (χ4v) is 2.85. The molecule has 1 aromatic carbocycles. The number of morpholine rings is 1. The molecule has 24 heavy (non-hydrogen) atoms. The molecule has 3 aromatic rings. The van der Waals surface area contributed by atoms with E-state index in [1.165, 1.54) is 6.20 Å². The summed E-state index contributed by atoms with van der Waals surface area (Å²) in [5.41, 5.74) is 7.87. The normalized spacial score (nSPS) is 14.9. The number of anilines is 1. The van der Waals surface area contributed by atoms with Crippen molar-refractivity contribution < 1.29 is 9.53 Å². The fraction of sp³-hybridized carbons (Fsp3) is 0.235. The third kappa shape index (κ3) is 2.59. The third-order valence-corrected chi connectivity index (χ3v) is 4.12. The summed E-state index contributed by atoms with van der Waals surface area (Å²) < 4.78 is 7.18. The van der Waals surface area contributed by atoms with Gasteiger partial charge in [-0.05, 0) is 24.3 Å². The van der Waals surface area contributed by atoms with E-state index < -0.39 is 0 Å². The number of hydrogen-bond donors (Lipinski definition) is 1. The van der Waals surface area contributed by atoms with Crippen molar-refractivity contribution in [1.82, 2.24) is 19.4 Å². The van der Waals surface area contributed by atoms with E-state index in [0.29, 0.717) is 37.8 Å². The van der Waals surface area contributed by atoms with Crippen LogP contribution >= 0.6 is 0 Å². The first-order valence-corrected chi connectivity index (χ1v) is 7.78. The van der Waals surface area contributed by atoms with Gasteiger partial charge in [-0.1, -0.05) is 0 Å². The Labute approximate surface area is 138 Å². The Morgan fingerprint density at radius 2 is 1.96 bits per heavy atom. The molecule has 0 unspecified atom stereocenters. The van der Waals surface area contributed by atoms with Crippen LogP contribution in [-0.4, -0.2) is 51.6 Å². The summed E-state index contributed by atoms with van der Waals surface area (Å²) in [6, 6.07) is 7.68. The molecule has 0 saturated carbocycles. The molecular formula is C17H17N5O2. The SMILES string of the molecule is Nc1ccc2c(ccn2-c2cnc(C(=O)N3CCOCC3)cn2)c1. The number of aromatic nitrogens is 3. The molecule has 1 saturated heterocycles. The summed E-state index contributed by atoms with van der Waals surface area (Å²) in [4.78, 5) is 22.8. The number of hydrogen-bond acceptors (Lipinski definition) is 5. The van der Waals surface area contributed by atoms with Crippen molar-refractivity contribution in [3.05, 3.63) is 48.5 Å². The molecular weight excluding hydrogens is 306 g/mol. The van der Waals surface area contributed by atoms with Gasteiger partial charge in [-0.15, -0.1) is 0 Å². The molecule has 7 heteroatoms. The van der Waals surface area contributed by atoms with Gasteiger partial charge in [0.25, 0.3) is 5.91 Å². The van der Waals surface area contributed by atoms with Crippen molar-refractivity contribution in [2.45, 2.75) is 0 Å². The lowest BCUT2D eigenvalue weighted by Crippen LogP contribution is -2.41. The monoisotopic (exact) mass is 323 g/mol. The van der Waals surface area contributed by atoms with Crippen LogP contribution in [0, 0.1) is 0 Å². The Bertz CT molecular complexity index is 882. The van der Waals surface area contributed by atoms with Crippen molar-refractivity contribution in [2.75, 3.05) is 32.0 Å². The van der Waals surface area contributed by atoms with Crippen LogP contribution in [-0.2, 0) is 4.74 Å². The summed E-state index contributed by atoms with van der Waals surface area (Å²) >= 11 is 0. The van der Waals surface area contributed by atoms with Crippen LogP contribution in [0.15, 0.2) is 42.9 Å². The number of amides is 1. The number of fused-ring (bicyclic) bond motifs is 1. The average Bonchev–Trinajstić information content (AvgIpc) is 3.05. The Balaban J connectivity index is 1.62. The molecule has 1 aliphatic rings. The lowest BCUT2D eigenvalue weighted by Gasteiger charge is -2.26. The van der Waals surface area contributed by atoms with Gasteiger partial charge < -0.3 is 15.4 Å². The van der Waals surface area contributed by atoms with Gasteiger partial charge in [-0.3, -0.25) is 9.36 Å². The zero-order chi connectivity index (χ0) is 16.5. The maximum absolute atomic E-state index is 12.4. The molecule has 1 aliphatic heterocycles. The number of rotatable bonds is 2. The third-order valence-electron chi connectivity index (χ3n) is 4.12. The minimum absolute atomic E-state index is 0.109. The van der Waals surface area contributed by atoms with Crippen LogP contribution in [0.1, 0.15) is 10.5 Å². The molecule has 2 aromatic heterocycles. The predicted octanol–water partition coefficient (Wildman–Crippen LogP) is 1.48. The lowest BCUT2D eigenvalue weighted by molar-refractivity contribution is 0.0298. The van der Waals surface area contributed by atoms with Crippen LogP contribution in [0.3, 0.4) is 0 Å². The molecule has 2 N–H and O–H groups in total. The number of nitrogen functional groups attached to an aromatic ring is 1. The highest BCUT2D eigenvalue weighted by molar-refractivity contribution is 5.92. The molecule has 0 spiro atoms. The number of ether oxygens (including phenoxy) is 1. The fourth-order valence-electron chi connectivity index (χ4n) is 2.85. The maximum Gasteiger partial charge on any atom is 0.274 e. The molecule has 0 aliphatic carbocycles. The Hall–Kier alpha value is -2.93. The van der Waals surface area contributed by atoms with E-state index in [9.17, 15) is 4.79 Å². The second-order valence-electron chi connectivity index (χ2n) is 5.67. The molecule has 4 rings (SSSR count). The molecule has 1 fully saturated rings. The highest BCUT2D eigenvalue weighted by Crippen LogP contribution is 2.21. The molecule has 122 valence electrons. The van der Waals surface area contributed by atoms with E-state index in [0.717, 1.165) is 16.6 Å². The lowest BCUT2D eigenvalue weighted by atomic mass is 10.2. The number of carbonyl (C=O) groups excluding carboxylic acids is 1. The minimum atomic E-state index is -0.109. The first-order chi connectivity index (χ1) is 11.7. The molecule has 3 heterocycles. The van der Waals surface area contributed by atoms with Crippen molar-refractivity contribution in [3.8, 4) is 5.82 Å². The second-order valence-corrected chi connectivity index (χ2v) is 5.67. The largest absolute Gasteiger partial charge is 0.399 e. The number of benzene rings is 1.